The summed E-state index contributed by atoms with van der Waals surface area (Å²) < 4.78 is 45.9. The van der Waals surface area contributed by atoms with Crippen molar-refractivity contribution in [2.75, 3.05) is 29.3 Å². The SMILES string of the molecule is O=C(COc1ccc(Cl)c(F)c1)NC1CN(c2ccc(S(=O)(=O)Nc3nccs3)cc2)C1. The molecule has 0 spiro atoms. The first kappa shape index (κ1) is 22.3. The van der Waals surface area contributed by atoms with E-state index in [1.54, 1.807) is 17.5 Å². The van der Waals surface area contributed by atoms with Crippen molar-refractivity contribution in [3.63, 3.8) is 0 Å². The minimum Gasteiger partial charge on any atom is -0.484 e. The Hall–Kier alpha value is -2.89. The molecule has 1 saturated heterocycles. The Bertz CT molecular complexity index is 1200. The van der Waals surface area contributed by atoms with E-state index in [1.165, 1.54) is 41.8 Å². The van der Waals surface area contributed by atoms with E-state index in [9.17, 15) is 17.6 Å². The minimum atomic E-state index is -3.70. The highest BCUT2D eigenvalue weighted by Gasteiger charge is 2.28. The average Bonchev–Trinajstić information content (AvgIpc) is 3.23. The fraction of sp³-hybridized carbons (Fsp3) is 0.200. The van der Waals surface area contributed by atoms with E-state index < -0.39 is 15.8 Å². The zero-order valence-corrected chi connectivity index (χ0v) is 18.9. The molecule has 2 aromatic carbocycles. The Labute approximate surface area is 193 Å². The summed E-state index contributed by atoms with van der Waals surface area (Å²) in [6.45, 7) is 0.909. The van der Waals surface area contributed by atoms with Gasteiger partial charge in [-0.1, -0.05) is 11.6 Å². The second kappa shape index (κ2) is 9.31. The third kappa shape index (κ3) is 5.29. The second-order valence-electron chi connectivity index (χ2n) is 6.97. The number of aromatic nitrogens is 1. The number of thiazole rings is 1. The van der Waals surface area contributed by atoms with Crippen LogP contribution >= 0.6 is 22.9 Å². The molecule has 1 aliphatic rings. The van der Waals surface area contributed by atoms with Gasteiger partial charge in [0.1, 0.15) is 11.6 Å². The van der Waals surface area contributed by atoms with E-state index in [-0.39, 0.29) is 34.2 Å². The summed E-state index contributed by atoms with van der Waals surface area (Å²) >= 11 is 6.81. The fourth-order valence-electron chi connectivity index (χ4n) is 3.05. The van der Waals surface area contributed by atoms with E-state index in [1.807, 2.05) is 4.90 Å². The van der Waals surface area contributed by atoms with Crippen LogP contribution < -0.4 is 19.7 Å². The van der Waals surface area contributed by atoms with Crippen LogP contribution in [0.2, 0.25) is 5.02 Å². The van der Waals surface area contributed by atoms with Crippen LogP contribution in [0.25, 0.3) is 0 Å². The van der Waals surface area contributed by atoms with E-state index >= 15 is 0 Å². The van der Waals surface area contributed by atoms with Gasteiger partial charge in [-0.2, -0.15) is 0 Å². The number of anilines is 2. The van der Waals surface area contributed by atoms with Crippen molar-refractivity contribution in [3.8, 4) is 5.75 Å². The van der Waals surface area contributed by atoms with Gasteiger partial charge in [0.05, 0.1) is 16.0 Å². The summed E-state index contributed by atoms with van der Waals surface area (Å²) in [6, 6.07) is 10.4. The number of sulfonamides is 1. The highest BCUT2D eigenvalue weighted by Crippen LogP contribution is 2.24. The van der Waals surface area contributed by atoms with Gasteiger partial charge in [-0.3, -0.25) is 9.52 Å². The first-order chi connectivity index (χ1) is 15.3. The van der Waals surface area contributed by atoms with Crippen molar-refractivity contribution in [2.45, 2.75) is 10.9 Å². The highest BCUT2D eigenvalue weighted by molar-refractivity contribution is 7.93. The maximum absolute atomic E-state index is 13.4. The third-order valence-corrected chi connectivity index (χ3v) is 7.15. The summed E-state index contributed by atoms with van der Waals surface area (Å²) in [5.74, 6) is -0.714. The molecule has 2 N–H and O–H groups in total. The summed E-state index contributed by atoms with van der Waals surface area (Å²) in [5, 5.41) is 4.81. The molecule has 0 aliphatic carbocycles. The number of nitrogens with zero attached hydrogens (tertiary/aromatic N) is 2. The van der Waals surface area contributed by atoms with Gasteiger partial charge in [0.25, 0.3) is 15.9 Å². The molecule has 1 aliphatic heterocycles. The van der Waals surface area contributed by atoms with Crippen LogP contribution in [0.4, 0.5) is 15.2 Å². The van der Waals surface area contributed by atoms with Crippen LogP contribution in [0.3, 0.4) is 0 Å². The molecule has 1 aromatic heterocycles. The number of ether oxygens (including phenoxy) is 1. The fourth-order valence-corrected chi connectivity index (χ4v) is 4.96. The molecular weight excluding hydrogens is 479 g/mol. The third-order valence-electron chi connectivity index (χ3n) is 4.67. The molecule has 0 radical (unpaired) electrons. The van der Waals surface area contributed by atoms with Gasteiger partial charge < -0.3 is 15.0 Å². The monoisotopic (exact) mass is 496 g/mol. The van der Waals surface area contributed by atoms with Crippen LogP contribution in [0, 0.1) is 5.82 Å². The largest absolute Gasteiger partial charge is 0.484 e. The van der Waals surface area contributed by atoms with Gasteiger partial charge in [0, 0.05) is 36.4 Å². The lowest BCUT2D eigenvalue weighted by molar-refractivity contribution is -0.124. The van der Waals surface area contributed by atoms with Crippen molar-refractivity contribution in [1.82, 2.24) is 10.3 Å². The van der Waals surface area contributed by atoms with E-state index in [0.717, 1.165) is 11.8 Å². The Morgan fingerprint density at radius 3 is 2.66 bits per heavy atom. The Kier molecular flexibility index (Phi) is 6.49. The van der Waals surface area contributed by atoms with Gasteiger partial charge in [-0.15, -0.1) is 11.3 Å². The van der Waals surface area contributed by atoms with Gasteiger partial charge in [-0.05, 0) is 36.4 Å². The summed E-state index contributed by atoms with van der Waals surface area (Å²) in [6.07, 6.45) is 1.52. The molecule has 12 heteroatoms. The number of benzene rings is 2. The molecule has 4 rings (SSSR count). The van der Waals surface area contributed by atoms with Crippen molar-refractivity contribution in [2.24, 2.45) is 0 Å². The molecule has 0 bridgehead atoms. The molecule has 0 atom stereocenters. The number of carbonyl (C=O) groups is 1. The molecule has 3 aromatic rings. The quantitative estimate of drug-likeness (QED) is 0.497. The van der Waals surface area contributed by atoms with Crippen LogP contribution in [0.15, 0.2) is 58.9 Å². The zero-order valence-electron chi connectivity index (χ0n) is 16.5. The Morgan fingerprint density at radius 2 is 2.00 bits per heavy atom. The van der Waals surface area contributed by atoms with Gasteiger partial charge in [-0.25, -0.2) is 17.8 Å². The maximum atomic E-state index is 13.4. The number of amides is 1. The Morgan fingerprint density at radius 1 is 1.25 bits per heavy atom. The van der Waals surface area contributed by atoms with Crippen LogP contribution in [0.5, 0.6) is 5.75 Å². The van der Waals surface area contributed by atoms with Crippen molar-refractivity contribution >= 4 is 49.7 Å². The molecule has 0 unspecified atom stereocenters. The lowest BCUT2D eigenvalue weighted by Gasteiger charge is -2.41. The van der Waals surface area contributed by atoms with Gasteiger partial charge in [0.15, 0.2) is 11.7 Å². The molecule has 1 fully saturated rings. The van der Waals surface area contributed by atoms with Crippen LogP contribution in [-0.2, 0) is 14.8 Å². The molecule has 1 amide bonds. The number of nitrogens with one attached hydrogen (secondary N) is 2. The summed E-state index contributed by atoms with van der Waals surface area (Å²) in [4.78, 5) is 18.1. The number of halogens is 2. The number of hydrogen-bond donors (Lipinski definition) is 2. The van der Waals surface area contributed by atoms with Crippen molar-refractivity contribution in [3.05, 3.63) is 64.9 Å². The highest BCUT2D eigenvalue weighted by atomic mass is 35.5. The molecule has 8 nitrogen and oxygen atoms in total. The molecule has 32 heavy (non-hydrogen) atoms. The molecule has 2 heterocycles. The van der Waals surface area contributed by atoms with Crippen molar-refractivity contribution in [1.29, 1.82) is 0 Å². The van der Waals surface area contributed by atoms with E-state index in [4.69, 9.17) is 16.3 Å². The predicted molar refractivity (Wildman–Crippen MR) is 120 cm³/mol. The number of rotatable bonds is 8. The summed E-state index contributed by atoms with van der Waals surface area (Å²) in [5.41, 5.74) is 0.844. The predicted octanol–water partition coefficient (Wildman–Crippen LogP) is 3.12. The minimum absolute atomic E-state index is 0.0160. The molecular formula is C20H18ClFN4O4S2. The van der Waals surface area contributed by atoms with E-state index in [2.05, 4.69) is 15.0 Å². The van der Waals surface area contributed by atoms with E-state index in [0.29, 0.717) is 18.2 Å². The number of hydrogen-bond acceptors (Lipinski definition) is 7. The standard InChI is InChI=1S/C20H18ClFN4O4S2/c21-17-6-3-15(9-18(17)22)30-12-19(27)24-13-10-26(11-13)14-1-4-16(5-2-14)32(28,29)25-20-23-7-8-31-20/h1-9,13H,10-12H2,(H,23,25)(H,24,27). The van der Waals surface area contributed by atoms with Gasteiger partial charge in [0.2, 0.25) is 0 Å². The molecule has 168 valence electrons. The Balaban J connectivity index is 1.24. The first-order valence-electron chi connectivity index (χ1n) is 9.45. The maximum Gasteiger partial charge on any atom is 0.263 e. The normalized spacial score (nSPS) is 14.0. The van der Waals surface area contributed by atoms with Crippen LogP contribution in [0.1, 0.15) is 0 Å². The zero-order chi connectivity index (χ0) is 22.7. The second-order valence-corrected chi connectivity index (χ2v) is 9.95. The van der Waals surface area contributed by atoms with Crippen LogP contribution in [-0.4, -0.2) is 45.0 Å². The van der Waals surface area contributed by atoms with Gasteiger partial charge >= 0.3 is 0 Å². The lowest BCUT2D eigenvalue weighted by Crippen LogP contribution is -2.60. The topological polar surface area (TPSA) is 101 Å². The smallest absolute Gasteiger partial charge is 0.263 e. The number of carbonyl (C=O) groups excluding carboxylic acids is 1. The molecule has 0 saturated carbocycles. The van der Waals surface area contributed by atoms with Crippen molar-refractivity contribution < 1.29 is 22.3 Å². The summed E-state index contributed by atoms with van der Waals surface area (Å²) in [7, 11) is -3.70. The average molecular weight is 497 g/mol. The lowest BCUT2D eigenvalue weighted by atomic mass is 10.1. The first-order valence-corrected chi connectivity index (χ1v) is 12.2.